The Morgan fingerprint density at radius 1 is 1.12 bits per heavy atom. The molecule has 0 aliphatic heterocycles. The number of benzene rings is 2. The predicted octanol–water partition coefficient (Wildman–Crippen LogP) is 3.73. The van der Waals surface area contributed by atoms with Crippen molar-refractivity contribution < 1.29 is 19.1 Å². The molecule has 0 aliphatic carbocycles. The summed E-state index contributed by atoms with van der Waals surface area (Å²) in [5.74, 6) is 0.892. The van der Waals surface area contributed by atoms with Gasteiger partial charge in [-0.1, -0.05) is 16.8 Å². The summed E-state index contributed by atoms with van der Waals surface area (Å²) in [6.45, 7) is 1.61. The Morgan fingerprint density at radius 3 is 2.44 bits per heavy atom. The SMILES string of the molecule is COc1ccc(/C=N\O[C@H](C)C(=O)Nc2ccc(Cl)cc2)cc1OC. The lowest BCUT2D eigenvalue weighted by atomic mass is 10.2. The van der Waals surface area contributed by atoms with E-state index in [0.717, 1.165) is 5.56 Å². The van der Waals surface area contributed by atoms with Crippen molar-refractivity contribution in [2.75, 3.05) is 19.5 Å². The van der Waals surface area contributed by atoms with Gasteiger partial charge in [-0.3, -0.25) is 4.79 Å². The normalized spacial score (nSPS) is 11.8. The molecule has 0 spiro atoms. The van der Waals surface area contributed by atoms with E-state index in [1.807, 2.05) is 0 Å². The molecule has 0 radical (unpaired) electrons. The molecule has 0 heterocycles. The molecule has 0 saturated heterocycles. The van der Waals surface area contributed by atoms with Gasteiger partial charge in [-0.05, 0) is 49.4 Å². The maximum Gasteiger partial charge on any atom is 0.267 e. The van der Waals surface area contributed by atoms with E-state index in [0.29, 0.717) is 22.2 Å². The largest absolute Gasteiger partial charge is 0.493 e. The van der Waals surface area contributed by atoms with Gasteiger partial charge in [-0.15, -0.1) is 0 Å². The number of amides is 1. The van der Waals surface area contributed by atoms with Crippen LogP contribution in [-0.2, 0) is 9.63 Å². The van der Waals surface area contributed by atoms with Gasteiger partial charge in [0, 0.05) is 16.3 Å². The molecule has 2 rings (SSSR count). The lowest BCUT2D eigenvalue weighted by Crippen LogP contribution is -2.26. The van der Waals surface area contributed by atoms with Crippen LogP contribution in [0.3, 0.4) is 0 Å². The van der Waals surface area contributed by atoms with Crippen LogP contribution >= 0.6 is 11.6 Å². The second-order valence-electron chi connectivity index (χ2n) is 5.09. The molecule has 1 amide bonds. The first-order valence-corrected chi connectivity index (χ1v) is 7.89. The fourth-order valence-electron chi connectivity index (χ4n) is 1.94. The van der Waals surface area contributed by atoms with Crippen molar-refractivity contribution in [1.29, 1.82) is 0 Å². The smallest absolute Gasteiger partial charge is 0.267 e. The van der Waals surface area contributed by atoms with Gasteiger partial charge in [0.25, 0.3) is 5.91 Å². The number of carbonyl (C=O) groups excluding carboxylic acids is 1. The Morgan fingerprint density at radius 2 is 1.80 bits per heavy atom. The molecule has 7 heteroatoms. The molecule has 0 unspecified atom stereocenters. The summed E-state index contributed by atoms with van der Waals surface area (Å²) in [6, 6.07) is 12.1. The van der Waals surface area contributed by atoms with Crippen molar-refractivity contribution in [3.05, 3.63) is 53.1 Å². The summed E-state index contributed by atoms with van der Waals surface area (Å²) in [7, 11) is 3.12. The zero-order valence-electron chi connectivity index (χ0n) is 14.2. The van der Waals surface area contributed by atoms with Crippen LogP contribution in [-0.4, -0.2) is 32.4 Å². The van der Waals surface area contributed by atoms with E-state index in [2.05, 4.69) is 10.5 Å². The van der Waals surface area contributed by atoms with E-state index in [1.165, 1.54) is 6.21 Å². The highest BCUT2D eigenvalue weighted by Crippen LogP contribution is 2.26. The number of oxime groups is 1. The topological polar surface area (TPSA) is 69.2 Å². The van der Waals surface area contributed by atoms with Crippen LogP contribution in [0.5, 0.6) is 11.5 Å². The zero-order chi connectivity index (χ0) is 18.2. The highest BCUT2D eigenvalue weighted by Gasteiger charge is 2.14. The molecule has 2 aromatic rings. The molecule has 0 bridgehead atoms. The van der Waals surface area contributed by atoms with Crippen molar-refractivity contribution in [1.82, 2.24) is 0 Å². The molecule has 1 N–H and O–H groups in total. The van der Waals surface area contributed by atoms with Crippen LogP contribution in [0.1, 0.15) is 12.5 Å². The summed E-state index contributed by atoms with van der Waals surface area (Å²) < 4.78 is 10.4. The average Bonchev–Trinajstić information content (AvgIpc) is 2.63. The Balaban J connectivity index is 1.92. The number of nitrogens with zero attached hydrogens (tertiary/aromatic N) is 1. The van der Waals surface area contributed by atoms with Gasteiger partial charge < -0.3 is 19.6 Å². The van der Waals surface area contributed by atoms with E-state index in [4.69, 9.17) is 25.9 Å². The first-order chi connectivity index (χ1) is 12.0. The summed E-state index contributed by atoms with van der Waals surface area (Å²) in [5, 5.41) is 7.16. The quantitative estimate of drug-likeness (QED) is 0.601. The Kier molecular flexibility index (Phi) is 6.65. The average molecular weight is 363 g/mol. The van der Waals surface area contributed by atoms with E-state index < -0.39 is 6.10 Å². The van der Waals surface area contributed by atoms with Gasteiger partial charge >= 0.3 is 0 Å². The number of hydrogen-bond donors (Lipinski definition) is 1. The molecule has 2 aromatic carbocycles. The highest BCUT2D eigenvalue weighted by atomic mass is 35.5. The summed E-state index contributed by atoms with van der Waals surface area (Å²) in [4.78, 5) is 17.2. The number of carbonyl (C=O) groups is 1. The minimum absolute atomic E-state index is 0.313. The third kappa shape index (κ3) is 5.39. The van der Waals surface area contributed by atoms with Gasteiger partial charge in [-0.2, -0.15) is 0 Å². The number of anilines is 1. The van der Waals surface area contributed by atoms with Crippen molar-refractivity contribution in [3.8, 4) is 11.5 Å². The summed E-state index contributed by atoms with van der Waals surface area (Å²) in [6.07, 6.45) is 0.737. The Labute approximate surface area is 151 Å². The lowest BCUT2D eigenvalue weighted by Gasteiger charge is -2.10. The number of methoxy groups -OCH3 is 2. The Hall–Kier alpha value is -2.73. The number of nitrogens with one attached hydrogen (secondary N) is 1. The van der Waals surface area contributed by atoms with Gasteiger partial charge in [0.1, 0.15) is 0 Å². The van der Waals surface area contributed by atoms with Gasteiger partial charge in [-0.25, -0.2) is 0 Å². The molecule has 0 aromatic heterocycles. The van der Waals surface area contributed by atoms with E-state index in [9.17, 15) is 4.79 Å². The molecule has 6 nitrogen and oxygen atoms in total. The van der Waals surface area contributed by atoms with Crippen LogP contribution in [0.15, 0.2) is 47.6 Å². The second-order valence-corrected chi connectivity index (χ2v) is 5.53. The first-order valence-electron chi connectivity index (χ1n) is 7.51. The number of rotatable bonds is 7. The zero-order valence-corrected chi connectivity index (χ0v) is 14.9. The second kappa shape index (κ2) is 8.94. The maximum absolute atomic E-state index is 12.0. The minimum atomic E-state index is -0.757. The summed E-state index contributed by atoms with van der Waals surface area (Å²) in [5.41, 5.74) is 1.39. The van der Waals surface area contributed by atoms with E-state index in [-0.39, 0.29) is 5.91 Å². The first kappa shape index (κ1) is 18.6. The molecule has 1 atom stereocenters. The standard InChI is InChI=1S/C18H19ClN2O4/c1-12(18(22)21-15-7-5-14(19)6-8-15)25-20-11-13-4-9-16(23-2)17(10-13)24-3/h4-12H,1-3H3,(H,21,22)/b20-11-/t12-/m1/s1. The molecular weight excluding hydrogens is 344 g/mol. The van der Waals surface area contributed by atoms with Crippen LogP contribution in [0.25, 0.3) is 0 Å². The van der Waals surface area contributed by atoms with Crippen molar-refractivity contribution in [2.24, 2.45) is 5.16 Å². The molecular formula is C18H19ClN2O4. The van der Waals surface area contributed by atoms with Crippen LogP contribution in [0.2, 0.25) is 5.02 Å². The molecule has 25 heavy (non-hydrogen) atoms. The molecule has 0 aliphatic rings. The van der Waals surface area contributed by atoms with Gasteiger partial charge in [0.15, 0.2) is 11.5 Å². The lowest BCUT2D eigenvalue weighted by molar-refractivity contribution is -0.126. The number of halogens is 1. The molecule has 132 valence electrons. The maximum atomic E-state index is 12.0. The summed E-state index contributed by atoms with van der Waals surface area (Å²) >= 11 is 5.80. The van der Waals surface area contributed by atoms with Crippen LogP contribution in [0.4, 0.5) is 5.69 Å². The van der Waals surface area contributed by atoms with Crippen LogP contribution < -0.4 is 14.8 Å². The van der Waals surface area contributed by atoms with Crippen molar-refractivity contribution in [3.63, 3.8) is 0 Å². The fraction of sp³-hybridized carbons (Fsp3) is 0.222. The Bertz CT molecular complexity index is 747. The van der Waals surface area contributed by atoms with E-state index in [1.54, 1.807) is 63.6 Å². The van der Waals surface area contributed by atoms with Crippen molar-refractivity contribution >= 4 is 29.4 Å². The van der Waals surface area contributed by atoms with Gasteiger partial charge in [0.05, 0.1) is 20.4 Å². The van der Waals surface area contributed by atoms with Crippen LogP contribution in [0, 0.1) is 0 Å². The highest BCUT2D eigenvalue weighted by molar-refractivity contribution is 6.30. The van der Waals surface area contributed by atoms with E-state index >= 15 is 0 Å². The third-order valence-corrected chi connectivity index (χ3v) is 3.56. The third-order valence-electron chi connectivity index (χ3n) is 3.31. The van der Waals surface area contributed by atoms with Gasteiger partial charge in [0.2, 0.25) is 6.10 Å². The fourth-order valence-corrected chi connectivity index (χ4v) is 2.07. The van der Waals surface area contributed by atoms with Crippen molar-refractivity contribution in [2.45, 2.75) is 13.0 Å². The predicted molar refractivity (Wildman–Crippen MR) is 97.8 cm³/mol. The minimum Gasteiger partial charge on any atom is -0.493 e. The number of hydrogen-bond acceptors (Lipinski definition) is 5. The molecule has 0 saturated carbocycles. The number of ether oxygens (including phenoxy) is 2. The molecule has 0 fully saturated rings. The monoisotopic (exact) mass is 362 g/mol.